The van der Waals surface area contributed by atoms with E-state index in [0.717, 1.165) is 24.5 Å². The summed E-state index contributed by atoms with van der Waals surface area (Å²) in [5.41, 5.74) is 1.19. The predicted molar refractivity (Wildman–Crippen MR) is 73.5 cm³/mol. The summed E-state index contributed by atoms with van der Waals surface area (Å²) < 4.78 is 11.5. The van der Waals surface area contributed by atoms with E-state index < -0.39 is 0 Å². The Balaban J connectivity index is 2.08. The highest BCUT2D eigenvalue weighted by atomic mass is 16.5. The van der Waals surface area contributed by atoms with Gasteiger partial charge >= 0.3 is 0 Å². The second-order valence-corrected chi connectivity index (χ2v) is 4.91. The third-order valence-electron chi connectivity index (χ3n) is 3.52. The molecule has 2 rings (SSSR count). The van der Waals surface area contributed by atoms with Gasteiger partial charge < -0.3 is 14.8 Å². The van der Waals surface area contributed by atoms with E-state index in [4.69, 9.17) is 9.47 Å². The Kier molecular flexibility index (Phi) is 4.48. The molecule has 2 atom stereocenters. The highest BCUT2D eigenvalue weighted by molar-refractivity contribution is 5.42. The van der Waals surface area contributed by atoms with Crippen LogP contribution in [0, 0.1) is 6.92 Å². The summed E-state index contributed by atoms with van der Waals surface area (Å²) in [6, 6.07) is 6.57. The Labute approximate surface area is 109 Å². The van der Waals surface area contributed by atoms with Crippen LogP contribution >= 0.6 is 0 Å². The van der Waals surface area contributed by atoms with Gasteiger partial charge in [-0.3, -0.25) is 0 Å². The summed E-state index contributed by atoms with van der Waals surface area (Å²) >= 11 is 0. The van der Waals surface area contributed by atoms with Crippen molar-refractivity contribution < 1.29 is 9.47 Å². The minimum Gasteiger partial charge on any atom is -0.493 e. The van der Waals surface area contributed by atoms with Crippen LogP contribution < -0.4 is 14.8 Å². The van der Waals surface area contributed by atoms with Crippen LogP contribution in [-0.2, 0) is 0 Å². The lowest BCUT2D eigenvalue weighted by Gasteiger charge is -2.23. The summed E-state index contributed by atoms with van der Waals surface area (Å²) in [4.78, 5) is 0. The first-order valence-electron chi connectivity index (χ1n) is 6.79. The molecule has 1 N–H and O–H groups in total. The molecule has 0 aromatic heterocycles. The Bertz CT molecular complexity index is 392. The van der Waals surface area contributed by atoms with Gasteiger partial charge in [0, 0.05) is 6.04 Å². The van der Waals surface area contributed by atoms with E-state index in [9.17, 15) is 0 Å². The molecule has 0 bridgehead atoms. The van der Waals surface area contributed by atoms with Crippen LogP contribution in [0.4, 0.5) is 0 Å². The van der Waals surface area contributed by atoms with Crippen LogP contribution in [0.25, 0.3) is 0 Å². The Hall–Kier alpha value is -1.22. The van der Waals surface area contributed by atoms with E-state index in [2.05, 4.69) is 25.2 Å². The van der Waals surface area contributed by atoms with Crippen LogP contribution in [0.5, 0.6) is 11.5 Å². The van der Waals surface area contributed by atoms with Crippen molar-refractivity contribution in [1.29, 1.82) is 0 Å². The molecule has 1 saturated carbocycles. The highest BCUT2D eigenvalue weighted by Crippen LogP contribution is 2.32. The lowest BCUT2D eigenvalue weighted by molar-refractivity contribution is 0.169. The molecule has 100 valence electrons. The molecule has 0 heterocycles. The zero-order chi connectivity index (χ0) is 13.0. The smallest absolute Gasteiger partial charge is 0.161 e. The number of benzene rings is 1. The minimum atomic E-state index is 0.265. The average molecular weight is 249 g/mol. The second-order valence-electron chi connectivity index (χ2n) is 4.91. The zero-order valence-electron chi connectivity index (χ0n) is 11.5. The van der Waals surface area contributed by atoms with Crippen LogP contribution in [-0.4, -0.2) is 25.8 Å². The normalized spacial score (nSPS) is 23.1. The van der Waals surface area contributed by atoms with E-state index in [1.54, 1.807) is 7.11 Å². The van der Waals surface area contributed by atoms with Gasteiger partial charge in [-0.05, 0) is 50.4 Å². The fourth-order valence-corrected chi connectivity index (χ4v) is 2.60. The van der Waals surface area contributed by atoms with Crippen molar-refractivity contribution in [3.8, 4) is 11.5 Å². The third-order valence-corrected chi connectivity index (χ3v) is 3.52. The van der Waals surface area contributed by atoms with E-state index in [1.807, 2.05) is 12.1 Å². The van der Waals surface area contributed by atoms with Gasteiger partial charge in [0.2, 0.25) is 0 Å². The van der Waals surface area contributed by atoms with Gasteiger partial charge in [0.15, 0.2) is 11.5 Å². The first-order chi connectivity index (χ1) is 8.74. The summed E-state index contributed by atoms with van der Waals surface area (Å²) in [5, 5.41) is 3.50. The monoisotopic (exact) mass is 249 g/mol. The molecule has 3 nitrogen and oxygen atoms in total. The summed E-state index contributed by atoms with van der Waals surface area (Å²) in [5.74, 6) is 1.69. The first-order valence-corrected chi connectivity index (χ1v) is 6.79. The number of methoxy groups -OCH3 is 1. The van der Waals surface area contributed by atoms with Crippen LogP contribution in [0.15, 0.2) is 18.2 Å². The number of ether oxygens (including phenoxy) is 2. The molecular weight excluding hydrogens is 226 g/mol. The van der Waals surface area contributed by atoms with E-state index >= 15 is 0 Å². The molecule has 1 aromatic rings. The lowest BCUT2D eigenvalue weighted by atomic mass is 10.2. The van der Waals surface area contributed by atoms with Crippen molar-refractivity contribution in [3.63, 3.8) is 0 Å². The van der Waals surface area contributed by atoms with Crippen molar-refractivity contribution in [1.82, 2.24) is 5.32 Å². The van der Waals surface area contributed by atoms with Gasteiger partial charge in [0.25, 0.3) is 0 Å². The van der Waals surface area contributed by atoms with E-state index in [-0.39, 0.29) is 6.10 Å². The number of hydrogen-bond donors (Lipinski definition) is 1. The standard InChI is InChI=1S/C15H23NO2/c1-4-16-12-6-5-7-13(12)18-14-9-8-11(2)10-15(14)17-3/h8-10,12-13,16H,4-7H2,1-3H3. The number of nitrogens with one attached hydrogen (secondary N) is 1. The number of aryl methyl sites for hydroxylation is 1. The molecule has 0 spiro atoms. The largest absolute Gasteiger partial charge is 0.493 e. The second kappa shape index (κ2) is 6.10. The van der Waals surface area contributed by atoms with Gasteiger partial charge in [-0.15, -0.1) is 0 Å². The van der Waals surface area contributed by atoms with Crippen molar-refractivity contribution in [2.45, 2.75) is 45.3 Å². The van der Waals surface area contributed by atoms with E-state index in [1.165, 1.54) is 18.4 Å². The summed E-state index contributed by atoms with van der Waals surface area (Å²) in [7, 11) is 1.69. The molecule has 0 radical (unpaired) electrons. The maximum atomic E-state index is 6.13. The van der Waals surface area contributed by atoms with E-state index in [0.29, 0.717) is 6.04 Å². The Morgan fingerprint density at radius 2 is 2.11 bits per heavy atom. The molecule has 1 fully saturated rings. The topological polar surface area (TPSA) is 30.5 Å². The van der Waals surface area contributed by atoms with Crippen molar-refractivity contribution in [2.75, 3.05) is 13.7 Å². The molecule has 1 aliphatic rings. The minimum absolute atomic E-state index is 0.265. The molecule has 1 aromatic carbocycles. The quantitative estimate of drug-likeness (QED) is 0.870. The maximum absolute atomic E-state index is 6.13. The van der Waals surface area contributed by atoms with Crippen molar-refractivity contribution in [2.24, 2.45) is 0 Å². The van der Waals surface area contributed by atoms with Gasteiger partial charge in [0.1, 0.15) is 6.10 Å². The molecule has 18 heavy (non-hydrogen) atoms. The summed E-state index contributed by atoms with van der Waals surface area (Å²) in [6.45, 7) is 5.20. The first kappa shape index (κ1) is 13.2. The molecular formula is C15H23NO2. The predicted octanol–water partition coefficient (Wildman–Crippen LogP) is 2.91. The third kappa shape index (κ3) is 2.96. The molecule has 0 saturated heterocycles. The van der Waals surface area contributed by atoms with Crippen LogP contribution in [0.1, 0.15) is 31.7 Å². The lowest BCUT2D eigenvalue weighted by Crippen LogP contribution is -2.38. The maximum Gasteiger partial charge on any atom is 0.161 e. The fourth-order valence-electron chi connectivity index (χ4n) is 2.60. The average Bonchev–Trinajstić information content (AvgIpc) is 2.79. The van der Waals surface area contributed by atoms with Gasteiger partial charge in [-0.2, -0.15) is 0 Å². The Morgan fingerprint density at radius 3 is 2.83 bits per heavy atom. The van der Waals surface area contributed by atoms with Crippen LogP contribution in [0.2, 0.25) is 0 Å². The SMILES string of the molecule is CCNC1CCCC1Oc1ccc(C)cc1OC. The molecule has 3 heteroatoms. The van der Waals surface area contributed by atoms with Gasteiger partial charge in [-0.1, -0.05) is 13.0 Å². The van der Waals surface area contributed by atoms with Gasteiger partial charge in [-0.25, -0.2) is 0 Å². The van der Waals surface area contributed by atoms with Gasteiger partial charge in [0.05, 0.1) is 7.11 Å². The van der Waals surface area contributed by atoms with Crippen LogP contribution in [0.3, 0.4) is 0 Å². The van der Waals surface area contributed by atoms with Crippen molar-refractivity contribution in [3.05, 3.63) is 23.8 Å². The number of hydrogen-bond acceptors (Lipinski definition) is 3. The molecule has 2 unspecified atom stereocenters. The zero-order valence-corrected chi connectivity index (χ0v) is 11.5. The highest BCUT2D eigenvalue weighted by Gasteiger charge is 2.28. The Morgan fingerprint density at radius 1 is 1.28 bits per heavy atom. The fraction of sp³-hybridized carbons (Fsp3) is 0.600. The number of likely N-dealkylation sites (N-methyl/N-ethyl adjacent to an activating group) is 1. The number of rotatable bonds is 5. The summed E-state index contributed by atoms with van der Waals surface area (Å²) in [6.07, 6.45) is 3.82. The molecule has 1 aliphatic carbocycles. The molecule has 0 aliphatic heterocycles. The van der Waals surface area contributed by atoms with Crippen molar-refractivity contribution >= 4 is 0 Å². The molecule has 0 amide bonds.